The molecule has 0 spiro atoms. The summed E-state index contributed by atoms with van der Waals surface area (Å²) in [6, 6.07) is 11.3. The second kappa shape index (κ2) is 9.33. The van der Waals surface area contributed by atoms with Crippen LogP contribution in [0, 0.1) is 0 Å². The van der Waals surface area contributed by atoms with Crippen molar-refractivity contribution in [3.8, 4) is 17.2 Å². The summed E-state index contributed by atoms with van der Waals surface area (Å²) in [7, 11) is 1.63. The van der Waals surface area contributed by atoms with Crippen molar-refractivity contribution < 1.29 is 19.0 Å². The van der Waals surface area contributed by atoms with E-state index in [1.807, 2.05) is 47.2 Å². The number of hydrogen-bond acceptors (Lipinski definition) is 7. The van der Waals surface area contributed by atoms with Crippen LogP contribution in [-0.4, -0.2) is 40.9 Å². The maximum Gasteiger partial charge on any atom is 0.252 e. The summed E-state index contributed by atoms with van der Waals surface area (Å²) in [5.74, 6) is 2.02. The van der Waals surface area contributed by atoms with Gasteiger partial charge in [0.1, 0.15) is 5.75 Å². The van der Waals surface area contributed by atoms with Crippen LogP contribution in [0.4, 0.5) is 5.13 Å². The second-order valence-electron chi connectivity index (χ2n) is 7.42. The third kappa shape index (κ3) is 4.68. The van der Waals surface area contributed by atoms with Crippen molar-refractivity contribution in [2.75, 3.05) is 25.3 Å². The predicted molar refractivity (Wildman–Crippen MR) is 127 cm³/mol. The number of methoxy groups -OCH3 is 1. The number of ether oxygens (including phenoxy) is 3. The molecule has 168 valence electrons. The molecule has 0 unspecified atom stereocenters. The summed E-state index contributed by atoms with van der Waals surface area (Å²) in [5.41, 5.74) is 1.70. The highest BCUT2D eigenvalue weighted by Crippen LogP contribution is 2.34. The zero-order valence-electron chi connectivity index (χ0n) is 18.0. The number of nitrogens with zero attached hydrogens (tertiary/aromatic N) is 4. The Kier molecular flexibility index (Phi) is 5.95. The lowest BCUT2D eigenvalue weighted by molar-refractivity contribution is -0.114. The third-order valence-electron chi connectivity index (χ3n) is 5.25. The standard InChI is InChI=1S/C24H22N4O4S/c1-30-18-5-6-19-22(14-18)33-24(26-19)28(11-2-10-27-12-9-25-15-27)23(29)8-4-17-3-7-20-21(13-17)32-16-31-20/h3-9,12-15H,2,10-11,16H2,1H3/b8-4+. The summed E-state index contributed by atoms with van der Waals surface area (Å²) in [6.07, 6.45) is 9.55. The Balaban J connectivity index is 1.38. The number of aryl methyl sites for hydroxylation is 1. The van der Waals surface area contributed by atoms with Gasteiger partial charge in [-0.15, -0.1) is 0 Å². The molecular formula is C24H22N4O4S. The zero-order chi connectivity index (χ0) is 22.6. The number of imidazole rings is 1. The van der Waals surface area contributed by atoms with Gasteiger partial charge < -0.3 is 18.8 Å². The van der Waals surface area contributed by atoms with Gasteiger partial charge in [0.05, 0.1) is 23.7 Å². The van der Waals surface area contributed by atoms with E-state index in [0.717, 1.165) is 34.5 Å². The van der Waals surface area contributed by atoms with E-state index in [4.69, 9.17) is 19.2 Å². The molecule has 33 heavy (non-hydrogen) atoms. The van der Waals surface area contributed by atoms with Crippen LogP contribution in [0.2, 0.25) is 0 Å². The van der Waals surface area contributed by atoms with Crippen LogP contribution in [0.3, 0.4) is 0 Å². The lowest BCUT2D eigenvalue weighted by atomic mass is 10.2. The Labute approximate surface area is 194 Å². The SMILES string of the molecule is COc1ccc2nc(N(CCCn3ccnc3)C(=O)/C=C/c3ccc4c(c3)OCO4)sc2c1. The molecule has 0 saturated heterocycles. The number of hydrogen-bond donors (Lipinski definition) is 0. The smallest absolute Gasteiger partial charge is 0.252 e. The molecule has 9 heteroatoms. The monoisotopic (exact) mass is 462 g/mol. The molecule has 2 aromatic heterocycles. The van der Waals surface area contributed by atoms with Gasteiger partial charge in [0.15, 0.2) is 16.6 Å². The maximum atomic E-state index is 13.2. The molecule has 0 saturated carbocycles. The number of carbonyl (C=O) groups excluding carboxylic acids is 1. The van der Waals surface area contributed by atoms with Crippen LogP contribution in [0.25, 0.3) is 16.3 Å². The molecule has 0 atom stereocenters. The van der Waals surface area contributed by atoms with E-state index in [1.54, 1.807) is 36.7 Å². The maximum absolute atomic E-state index is 13.2. The first-order valence-electron chi connectivity index (χ1n) is 10.5. The molecule has 1 amide bonds. The average Bonchev–Trinajstić information content (AvgIpc) is 3.59. The van der Waals surface area contributed by atoms with Crippen molar-refractivity contribution in [1.29, 1.82) is 0 Å². The lowest BCUT2D eigenvalue weighted by Crippen LogP contribution is -2.30. The number of amides is 1. The van der Waals surface area contributed by atoms with Crippen LogP contribution in [0.15, 0.2) is 61.2 Å². The molecule has 0 aliphatic carbocycles. The fraction of sp³-hybridized carbons (Fsp3) is 0.208. The Morgan fingerprint density at radius 2 is 2.15 bits per heavy atom. The highest BCUT2D eigenvalue weighted by molar-refractivity contribution is 7.22. The molecule has 2 aromatic carbocycles. The molecule has 8 nitrogen and oxygen atoms in total. The summed E-state index contributed by atoms with van der Waals surface area (Å²) in [5, 5.41) is 0.657. The molecule has 5 rings (SSSR count). The highest BCUT2D eigenvalue weighted by Gasteiger charge is 2.18. The van der Waals surface area contributed by atoms with Crippen molar-refractivity contribution in [3.05, 3.63) is 66.8 Å². The van der Waals surface area contributed by atoms with E-state index in [-0.39, 0.29) is 12.7 Å². The van der Waals surface area contributed by atoms with Crippen LogP contribution in [0.1, 0.15) is 12.0 Å². The van der Waals surface area contributed by atoms with E-state index < -0.39 is 0 Å². The van der Waals surface area contributed by atoms with Gasteiger partial charge in [0.2, 0.25) is 6.79 Å². The number of thiazole rings is 1. The first kappa shape index (κ1) is 21.0. The topological polar surface area (TPSA) is 78.7 Å². The first-order valence-corrected chi connectivity index (χ1v) is 11.3. The van der Waals surface area contributed by atoms with E-state index >= 15 is 0 Å². The van der Waals surface area contributed by atoms with Gasteiger partial charge in [0.25, 0.3) is 5.91 Å². The van der Waals surface area contributed by atoms with Crippen LogP contribution in [-0.2, 0) is 11.3 Å². The minimum absolute atomic E-state index is 0.135. The fourth-order valence-corrected chi connectivity index (χ4v) is 4.57. The molecule has 0 radical (unpaired) electrons. The van der Waals surface area contributed by atoms with Crippen molar-refractivity contribution >= 4 is 38.7 Å². The minimum Gasteiger partial charge on any atom is -0.497 e. The normalized spacial score (nSPS) is 12.5. The number of aromatic nitrogens is 3. The zero-order valence-corrected chi connectivity index (χ0v) is 18.8. The average molecular weight is 463 g/mol. The molecule has 0 bridgehead atoms. The molecule has 1 aliphatic rings. The number of anilines is 1. The quantitative estimate of drug-likeness (QED) is 0.362. The molecular weight excluding hydrogens is 440 g/mol. The fourth-order valence-electron chi connectivity index (χ4n) is 3.54. The summed E-state index contributed by atoms with van der Waals surface area (Å²) in [4.78, 5) is 23.8. The molecule has 3 heterocycles. The summed E-state index contributed by atoms with van der Waals surface area (Å²) >= 11 is 1.47. The van der Waals surface area contributed by atoms with Crippen molar-refractivity contribution in [2.45, 2.75) is 13.0 Å². The highest BCUT2D eigenvalue weighted by atomic mass is 32.1. The van der Waals surface area contributed by atoms with Crippen LogP contribution < -0.4 is 19.1 Å². The van der Waals surface area contributed by atoms with Gasteiger partial charge in [0, 0.05) is 31.6 Å². The largest absolute Gasteiger partial charge is 0.497 e. The van der Waals surface area contributed by atoms with E-state index in [2.05, 4.69) is 4.98 Å². The summed E-state index contributed by atoms with van der Waals surface area (Å²) in [6.45, 7) is 1.50. The Bertz CT molecular complexity index is 1300. The molecule has 1 aliphatic heterocycles. The molecule has 4 aromatic rings. The van der Waals surface area contributed by atoms with Crippen molar-refractivity contribution in [2.24, 2.45) is 0 Å². The van der Waals surface area contributed by atoms with Gasteiger partial charge in [-0.05, 0) is 48.4 Å². The van der Waals surface area contributed by atoms with E-state index in [0.29, 0.717) is 23.2 Å². The number of benzene rings is 2. The number of rotatable bonds is 8. The Morgan fingerprint density at radius 1 is 1.24 bits per heavy atom. The molecule has 0 fully saturated rings. The Hall–Kier alpha value is -3.85. The van der Waals surface area contributed by atoms with Gasteiger partial charge >= 0.3 is 0 Å². The summed E-state index contributed by atoms with van der Waals surface area (Å²) < 4.78 is 19.1. The third-order valence-corrected chi connectivity index (χ3v) is 6.29. The van der Waals surface area contributed by atoms with E-state index in [1.165, 1.54) is 11.3 Å². The van der Waals surface area contributed by atoms with Crippen LogP contribution in [0.5, 0.6) is 17.2 Å². The number of carbonyl (C=O) groups is 1. The van der Waals surface area contributed by atoms with Crippen LogP contribution >= 0.6 is 11.3 Å². The van der Waals surface area contributed by atoms with Crippen molar-refractivity contribution in [1.82, 2.24) is 14.5 Å². The molecule has 0 N–H and O–H groups in total. The number of fused-ring (bicyclic) bond motifs is 2. The van der Waals surface area contributed by atoms with Crippen molar-refractivity contribution in [3.63, 3.8) is 0 Å². The predicted octanol–water partition coefficient (Wildman–Crippen LogP) is 4.37. The van der Waals surface area contributed by atoms with Gasteiger partial charge in [-0.25, -0.2) is 9.97 Å². The lowest BCUT2D eigenvalue weighted by Gasteiger charge is -2.18. The second-order valence-corrected chi connectivity index (χ2v) is 8.43. The van der Waals surface area contributed by atoms with Gasteiger partial charge in [-0.1, -0.05) is 17.4 Å². The van der Waals surface area contributed by atoms with Gasteiger partial charge in [-0.3, -0.25) is 9.69 Å². The first-order chi connectivity index (χ1) is 16.2. The minimum atomic E-state index is -0.135. The van der Waals surface area contributed by atoms with E-state index in [9.17, 15) is 4.79 Å². The van der Waals surface area contributed by atoms with Gasteiger partial charge in [-0.2, -0.15) is 0 Å². The Morgan fingerprint density at radius 3 is 3.00 bits per heavy atom.